The maximum atomic E-state index is 8.83. The maximum Gasteiger partial charge on any atom is 0.0736 e. The average molecular weight is 195 g/mol. The van der Waals surface area contributed by atoms with Gasteiger partial charge in [0.2, 0.25) is 0 Å². The van der Waals surface area contributed by atoms with Crippen LogP contribution in [0.25, 0.3) is 0 Å². The smallest absolute Gasteiger partial charge is 0.0736 e. The molecule has 0 aromatic carbocycles. The van der Waals surface area contributed by atoms with Gasteiger partial charge in [-0.2, -0.15) is 0 Å². The summed E-state index contributed by atoms with van der Waals surface area (Å²) in [6, 6.07) is 2.11. The zero-order valence-corrected chi connectivity index (χ0v) is 8.40. The first-order valence-corrected chi connectivity index (χ1v) is 4.84. The van der Waals surface area contributed by atoms with Gasteiger partial charge in [0, 0.05) is 18.8 Å². The van der Waals surface area contributed by atoms with Gasteiger partial charge in [0.25, 0.3) is 0 Å². The van der Waals surface area contributed by atoms with Gasteiger partial charge in [-0.25, -0.2) is 0 Å². The third-order valence-corrected chi connectivity index (χ3v) is 2.18. The largest absolute Gasteiger partial charge is 0.396 e. The molecular weight excluding hydrogens is 178 g/mol. The summed E-state index contributed by atoms with van der Waals surface area (Å²) in [5.41, 5.74) is 7.26. The van der Waals surface area contributed by atoms with Crippen molar-refractivity contribution in [1.29, 1.82) is 0 Å². The van der Waals surface area contributed by atoms with Crippen LogP contribution in [0.5, 0.6) is 0 Å². The van der Waals surface area contributed by atoms with Crippen molar-refractivity contribution in [1.82, 2.24) is 4.98 Å². The standard InChI is InChI=1S/C10H17N3O/c1-2-8(4-6-14)13-10-3-5-12-7-9(10)11/h3,5,7-8,14H,2,4,6,11H2,1H3,(H,12,13). The summed E-state index contributed by atoms with van der Waals surface area (Å²) < 4.78 is 0. The third-order valence-electron chi connectivity index (χ3n) is 2.18. The van der Waals surface area contributed by atoms with Crippen LogP contribution in [-0.4, -0.2) is 22.7 Å². The van der Waals surface area contributed by atoms with Crippen molar-refractivity contribution in [2.45, 2.75) is 25.8 Å². The van der Waals surface area contributed by atoms with Gasteiger partial charge in [-0.3, -0.25) is 4.98 Å². The van der Waals surface area contributed by atoms with Crippen molar-refractivity contribution in [2.24, 2.45) is 0 Å². The van der Waals surface area contributed by atoms with E-state index in [1.165, 1.54) is 0 Å². The summed E-state index contributed by atoms with van der Waals surface area (Å²) in [5.74, 6) is 0. The summed E-state index contributed by atoms with van der Waals surface area (Å²) in [7, 11) is 0. The number of aliphatic hydroxyl groups is 1. The molecule has 0 fully saturated rings. The van der Waals surface area contributed by atoms with Gasteiger partial charge in [-0.05, 0) is 18.9 Å². The van der Waals surface area contributed by atoms with E-state index in [2.05, 4.69) is 17.2 Å². The normalized spacial score (nSPS) is 12.4. The molecule has 0 aliphatic heterocycles. The zero-order valence-electron chi connectivity index (χ0n) is 8.40. The predicted octanol–water partition coefficient (Wildman–Crippen LogP) is 1.24. The Labute approximate surface area is 84.2 Å². The molecule has 4 N–H and O–H groups in total. The van der Waals surface area contributed by atoms with Crippen LogP contribution in [0, 0.1) is 0 Å². The lowest BCUT2D eigenvalue weighted by Gasteiger charge is -2.17. The molecule has 14 heavy (non-hydrogen) atoms. The van der Waals surface area contributed by atoms with E-state index < -0.39 is 0 Å². The SMILES string of the molecule is CCC(CCO)Nc1ccncc1N. The van der Waals surface area contributed by atoms with E-state index in [-0.39, 0.29) is 12.6 Å². The highest BCUT2D eigenvalue weighted by Gasteiger charge is 2.06. The Hall–Kier alpha value is -1.29. The number of pyridine rings is 1. The van der Waals surface area contributed by atoms with Crippen molar-refractivity contribution in [3.8, 4) is 0 Å². The van der Waals surface area contributed by atoms with Crippen LogP contribution >= 0.6 is 0 Å². The van der Waals surface area contributed by atoms with Crippen LogP contribution in [0.1, 0.15) is 19.8 Å². The molecule has 4 nitrogen and oxygen atoms in total. The second kappa shape index (κ2) is 5.44. The molecule has 1 atom stereocenters. The highest BCUT2D eigenvalue weighted by Crippen LogP contribution is 2.17. The predicted molar refractivity (Wildman–Crippen MR) is 58.1 cm³/mol. The number of nitrogens with two attached hydrogens (primary N) is 1. The van der Waals surface area contributed by atoms with Crippen LogP contribution in [0.15, 0.2) is 18.5 Å². The molecule has 0 saturated carbocycles. The summed E-state index contributed by atoms with van der Waals surface area (Å²) in [4.78, 5) is 3.91. The number of rotatable bonds is 5. The van der Waals surface area contributed by atoms with E-state index >= 15 is 0 Å². The molecule has 0 aliphatic carbocycles. The van der Waals surface area contributed by atoms with Gasteiger partial charge >= 0.3 is 0 Å². The molecule has 0 aliphatic rings. The fraction of sp³-hybridized carbons (Fsp3) is 0.500. The van der Waals surface area contributed by atoms with E-state index in [1.54, 1.807) is 12.4 Å². The van der Waals surface area contributed by atoms with E-state index in [4.69, 9.17) is 10.8 Å². The lowest BCUT2D eigenvalue weighted by molar-refractivity contribution is 0.278. The number of aliphatic hydroxyl groups excluding tert-OH is 1. The Kier molecular flexibility index (Phi) is 4.19. The van der Waals surface area contributed by atoms with Crippen LogP contribution < -0.4 is 11.1 Å². The molecule has 0 saturated heterocycles. The Morgan fingerprint density at radius 1 is 1.64 bits per heavy atom. The highest BCUT2D eigenvalue weighted by atomic mass is 16.3. The fourth-order valence-electron chi connectivity index (χ4n) is 1.29. The van der Waals surface area contributed by atoms with Gasteiger partial charge in [0.15, 0.2) is 0 Å². The monoisotopic (exact) mass is 195 g/mol. The van der Waals surface area contributed by atoms with E-state index in [0.717, 1.165) is 18.5 Å². The fourth-order valence-corrected chi connectivity index (χ4v) is 1.29. The number of nitrogen functional groups attached to an aromatic ring is 1. The van der Waals surface area contributed by atoms with Crippen LogP contribution in [-0.2, 0) is 0 Å². The minimum Gasteiger partial charge on any atom is -0.396 e. The van der Waals surface area contributed by atoms with E-state index in [9.17, 15) is 0 Å². The number of hydrogen-bond donors (Lipinski definition) is 3. The number of anilines is 2. The van der Waals surface area contributed by atoms with E-state index in [1.807, 2.05) is 6.07 Å². The van der Waals surface area contributed by atoms with Crippen molar-refractivity contribution < 1.29 is 5.11 Å². The maximum absolute atomic E-state index is 8.83. The molecule has 0 spiro atoms. The molecule has 1 rings (SSSR count). The van der Waals surface area contributed by atoms with Gasteiger partial charge in [0.1, 0.15) is 0 Å². The van der Waals surface area contributed by atoms with Crippen molar-refractivity contribution in [3.05, 3.63) is 18.5 Å². The summed E-state index contributed by atoms with van der Waals surface area (Å²) in [5, 5.41) is 12.1. The molecular formula is C10H17N3O. The number of nitrogens with zero attached hydrogens (tertiary/aromatic N) is 1. The Bertz CT molecular complexity index is 278. The van der Waals surface area contributed by atoms with Crippen LogP contribution in [0.2, 0.25) is 0 Å². The van der Waals surface area contributed by atoms with Crippen molar-refractivity contribution in [2.75, 3.05) is 17.7 Å². The first kappa shape index (κ1) is 10.8. The lowest BCUT2D eigenvalue weighted by Crippen LogP contribution is -2.20. The van der Waals surface area contributed by atoms with Gasteiger partial charge < -0.3 is 16.2 Å². The quantitative estimate of drug-likeness (QED) is 0.661. The number of hydrogen-bond acceptors (Lipinski definition) is 4. The molecule has 1 aromatic heterocycles. The molecule has 4 heteroatoms. The Morgan fingerprint density at radius 3 is 3.00 bits per heavy atom. The first-order chi connectivity index (χ1) is 6.77. The molecule has 1 unspecified atom stereocenters. The molecule has 0 radical (unpaired) electrons. The third kappa shape index (κ3) is 2.88. The second-order valence-corrected chi connectivity index (χ2v) is 3.22. The topological polar surface area (TPSA) is 71.2 Å². The van der Waals surface area contributed by atoms with Crippen LogP contribution in [0.4, 0.5) is 11.4 Å². The summed E-state index contributed by atoms with van der Waals surface area (Å²) in [6.07, 6.45) is 5.01. The molecule has 0 bridgehead atoms. The number of aromatic nitrogens is 1. The van der Waals surface area contributed by atoms with E-state index in [0.29, 0.717) is 5.69 Å². The van der Waals surface area contributed by atoms with Crippen molar-refractivity contribution >= 4 is 11.4 Å². The van der Waals surface area contributed by atoms with Crippen LogP contribution in [0.3, 0.4) is 0 Å². The number of nitrogens with one attached hydrogen (secondary N) is 1. The highest BCUT2D eigenvalue weighted by molar-refractivity contribution is 5.64. The summed E-state index contributed by atoms with van der Waals surface area (Å²) >= 11 is 0. The lowest BCUT2D eigenvalue weighted by atomic mass is 10.1. The zero-order chi connectivity index (χ0) is 10.4. The summed E-state index contributed by atoms with van der Waals surface area (Å²) in [6.45, 7) is 2.27. The van der Waals surface area contributed by atoms with Gasteiger partial charge in [0.05, 0.1) is 17.6 Å². The minimum absolute atomic E-state index is 0.191. The average Bonchev–Trinajstić information content (AvgIpc) is 2.20. The Balaban J connectivity index is 2.62. The Morgan fingerprint density at radius 2 is 2.43 bits per heavy atom. The molecule has 0 amide bonds. The second-order valence-electron chi connectivity index (χ2n) is 3.22. The van der Waals surface area contributed by atoms with Gasteiger partial charge in [-0.1, -0.05) is 6.92 Å². The minimum atomic E-state index is 0.191. The molecule has 1 heterocycles. The molecule has 1 aromatic rings. The van der Waals surface area contributed by atoms with Gasteiger partial charge in [-0.15, -0.1) is 0 Å². The van der Waals surface area contributed by atoms with Crippen molar-refractivity contribution in [3.63, 3.8) is 0 Å². The molecule has 78 valence electrons. The first-order valence-electron chi connectivity index (χ1n) is 4.84.